The van der Waals surface area contributed by atoms with Gasteiger partial charge in [-0.25, -0.2) is 0 Å². The number of rotatable bonds is 3. The lowest BCUT2D eigenvalue weighted by Gasteiger charge is -2.30. The Labute approximate surface area is 149 Å². The number of fused-ring (bicyclic) bond motifs is 1. The fourth-order valence-electron chi connectivity index (χ4n) is 3.90. The molecule has 0 saturated heterocycles. The molecule has 25 heavy (non-hydrogen) atoms. The van der Waals surface area contributed by atoms with E-state index in [0.717, 1.165) is 29.7 Å². The third-order valence-electron chi connectivity index (χ3n) is 5.03. The fourth-order valence-corrected chi connectivity index (χ4v) is 3.90. The van der Waals surface area contributed by atoms with E-state index >= 15 is 0 Å². The molecule has 4 rings (SSSR count). The summed E-state index contributed by atoms with van der Waals surface area (Å²) < 4.78 is 2.28. The number of benzene rings is 2. The first kappa shape index (κ1) is 15.9. The van der Waals surface area contributed by atoms with Crippen molar-refractivity contribution >= 4 is 5.78 Å². The molecule has 0 spiro atoms. The van der Waals surface area contributed by atoms with Gasteiger partial charge < -0.3 is 4.57 Å². The van der Waals surface area contributed by atoms with Gasteiger partial charge in [-0.05, 0) is 23.0 Å². The van der Waals surface area contributed by atoms with Gasteiger partial charge in [0.2, 0.25) is 0 Å². The zero-order chi connectivity index (χ0) is 17.4. The van der Waals surface area contributed by atoms with E-state index in [4.69, 9.17) is 0 Å². The Balaban J connectivity index is 1.86. The maximum absolute atomic E-state index is 12.9. The molecule has 2 aromatic carbocycles. The van der Waals surface area contributed by atoms with Crippen LogP contribution in [-0.4, -0.2) is 10.4 Å². The first-order valence-electron chi connectivity index (χ1n) is 8.88. The summed E-state index contributed by atoms with van der Waals surface area (Å²) in [5, 5.41) is 0. The van der Waals surface area contributed by atoms with Gasteiger partial charge in [0.25, 0.3) is 0 Å². The second-order valence-corrected chi connectivity index (χ2v) is 7.78. The maximum atomic E-state index is 12.9. The molecular formula is C23H23NO. The first-order chi connectivity index (χ1) is 12.0. The van der Waals surface area contributed by atoms with Crippen LogP contribution in [0.2, 0.25) is 0 Å². The third kappa shape index (κ3) is 3.05. The SMILES string of the molecule is CC1(C)CC(=O)c2c(-c3ccccc3)cn(Cc3ccccc3)c2C1. The summed E-state index contributed by atoms with van der Waals surface area (Å²) in [5.41, 5.74) is 5.59. The molecule has 1 aromatic heterocycles. The monoisotopic (exact) mass is 329 g/mol. The molecule has 1 heterocycles. The predicted octanol–water partition coefficient (Wildman–Crippen LogP) is 5.36. The van der Waals surface area contributed by atoms with Crippen molar-refractivity contribution in [3.63, 3.8) is 0 Å². The zero-order valence-corrected chi connectivity index (χ0v) is 14.8. The highest BCUT2D eigenvalue weighted by molar-refractivity contribution is 6.05. The van der Waals surface area contributed by atoms with Gasteiger partial charge in [-0.2, -0.15) is 0 Å². The lowest BCUT2D eigenvalue weighted by atomic mass is 9.75. The normalized spacial score (nSPS) is 15.8. The van der Waals surface area contributed by atoms with Crippen molar-refractivity contribution in [3.05, 3.63) is 83.7 Å². The third-order valence-corrected chi connectivity index (χ3v) is 5.03. The van der Waals surface area contributed by atoms with Crippen molar-refractivity contribution in [1.82, 2.24) is 4.57 Å². The minimum absolute atomic E-state index is 0.0187. The fraction of sp³-hybridized carbons (Fsp3) is 0.261. The van der Waals surface area contributed by atoms with Crippen molar-refractivity contribution in [3.8, 4) is 11.1 Å². The average molecular weight is 329 g/mol. The molecule has 0 aliphatic heterocycles. The maximum Gasteiger partial charge on any atom is 0.165 e. The lowest BCUT2D eigenvalue weighted by molar-refractivity contribution is 0.0911. The molecule has 1 aliphatic carbocycles. The summed E-state index contributed by atoms with van der Waals surface area (Å²) in [7, 11) is 0. The van der Waals surface area contributed by atoms with Crippen LogP contribution in [-0.2, 0) is 13.0 Å². The number of carbonyl (C=O) groups excluding carboxylic acids is 1. The minimum atomic E-state index is 0.0187. The van der Waals surface area contributed by atoms with Crippen LogP contribution in [0.4, 0.5) is 0 Å². The number of hydrogen-bond donors (Lipinski definition) is 0. The molecule has 0 saturated carbocycles. The molecule has 0 fully saturated rings. The minimum Gasteiger partial charge on any atom is -0.346 e. The Morgan fingerprint density at radius 2 is 1.56 bits per heavy atom. The summed E-state index contributed by atoms with van der Waals surface area (Å²) in [4.78, 5) is 12.9. The summed E-state index contributed by atoms with van der Waals surface area (Å²) >= 11 is 0. The van der Waals surface area contributed by atoms with Crippen LogP contribution in [0.15, 0.2) is 66.9 Å². The molecule has 126 valence electrons. The lowest BCUT2D eigenvalue weighted by Crippen LogP contribution is -2.28. The van der Waals surface area contributed by atoms with Gasteiger partial charge in [0.05, 0.1) is 0 Å². The summed E-state index contributed by atoms with van der Waals surface area (Å²) in [5.74, 6) is 0.275. The second kappa shape index (κ2) is 6.03. The Bertz CT molecular complexity index is 904. The van der Waals surface area contributed by atoms with Gasteiger partial charge in [0.15, 0.2) is 5.78 Å². The van der Waals surface area contributed by atoms with E-state index in [1.165, 1.54) is 11.3 Å². The summed E-state index contributed by atoms with van der Waals surface area (Å²) in [6.07, 6.45) is 3.73. The van der Waals surface area contributed by atoms with Gasteiger partial charge in [-0.15, -0.1) is 0 Å². The standard InChI is InChI=1S/C23H23NO/c1-23(2)13-20-22(21(25)14-23)19(18-11-7-4-8-12-18)16-24(20)15-17-9-5-3-6-10-17/h3-12,16H,13-15H2,1-2H3. The zero-order valence-electron chi connectivity index (χ0n) is 14.8. The Hall–Kier alpha value is -2.61. The first-order valence-corrected chi connectivity index (χ1v) is 8.88. The topological polar surface area (TPSA) is 22.0 Å². The summed E-state index contributed by atoms with van der Waals surface area (Å²) in [6, 6.07) is 20.7. The van der Waals surface area contributed by atoms with Crippen LogP contribution in [0.5, 0.6) is 0 Å². The van der Waals surface area contributed by atoms with E-state index in [-0.39, 0.29) is 11.2 Å². The number of hydrogen-bond acceptors (Lipinski definition) is 1. The van der Waals surface area contributed by atoms with Crippen molar-refractivity contribution in [2.24, 2.45) is 5.41 Å². The van der Waals surface area contributed by atoms with E-state index in [1.807, 2.05) is 24.3 Å². The number of ketones is 1. The van der Waals surface area contributed by atoms with E-state index in [9.17, 15) is 4.79 Å². The number of nitrogens with zero attached hydrogens (tertiary/aromatic N) is 1. The van der Waals surface area contributed by atoms with Gasteiger partial charge in [0, 0.05) is 36.0 Å². The van der Waals surface area contributed by atoms with Crippen molar-refractivity contribution in [2.75, 3.05) is 0 Å². The van der Waals surface area contributed by atoms with E-state index in [2.05, 4.69) is 61.0 Å². The molecule has 1 aliphatic rings. The Kier molecular flexibility index (Phi) is 3.84. The Morgan fingerprint density at radius 3 is 2.24 bits per heavy atom. The van der Waals surface area contributed by atoms with Crippen molar-refractivity contribution < 1.29 is 4.79 Å². The van der Waals surface area contributed by atoms with E-state index < -0.39 is 0 Å². The van der Waals surface area contributed by atoms with Crippen LogP contribution in [0, 0.1) is 5.41 Å². The molecule has 0 N–H and O–H groups in total. The molecule has 0 unspecified atom stereocenters. The Morgan fingerprint density at radius 1 is 0.920 bits per heavy atom. The molecule has 3 aromatic rings. The highest BCUT2D eigenvalue weighted by Crippen LogP contribution is 2.40. The summed E-state index contributed by atoms with van der Waals surface area (Å²) in [6.45, 7) is 5.19. The van der Waals surface area contributed by atoms with Crippen molar-refractivity contribution in [2.45, 2.75) is 33.2 Å². The number of carbonyl (C=O) groups is 1. The van der Waals surface area contributed by atoms with E-state index in [0.29, 0.717) is 6.42 Å². The van der Waals surface area contributed by atoms with Crippen molar-refractivity contribution in [1.29, 1.82) is 0 Å². The van der Waals surface area contributed by atoms with E-state index in [1.54, 1.807) is 0 Å². The molecule has 2 heteroatoms. The molecule has 0 amide bonds. The molecule has 0 atom stereocenters. The number of aromatic nitrogens is 1. The molecule has 2 nitrogen and oxygen atoms in total. The highest BCUT2D eigenvalue weighted by atomic mass is 16.1. The largest absolute Gasteiger partial charge is 0.346 e. The molecular weight excluding hydrogens is 306 g/mol. The van der Waals surface area contributed by atoms with Gasteiger partial charge in [0.1, 0.15) is 0 Å². The highest BCUT2D eigenvalue weighted by Gasteiger charge is 2.35. The van der Waals surface area contributed by atoms with Crippen LogP contribution in [0.25, 0.3) is 11.1 Å². The quantitative estimate of drug-likeness (QED) is 0.634. The second-order valence-electron chi connectivity index (χ2n) is 7.78. The van der Waals surface area contributed by atoms with Gasteiger partial charge in [-0.1, -0.05) is 74.5 Å². The van der Waals surface area contributed by atoms with Crippen LogP contribution in [0.3, 0.4) is 0 Å². The average Bonchev–Trinajstić information content (AvgIpc) is 2.94. The van der Waals surface area contributed by atoms with Crippen LogP contribution < -0.4 is 0 Å². The number of Topliss-reactive ketones (excluding diaryl/α,β-unsaturated/α-hetero) is 1. The molecule has 0 bridgehead atoms. The van der Waals surface area contributed by atoms with Gasteiger partial charge >= 0.3 is 0 Å². The predicted molar refractivity (Wildman–Crippen MR) is 102 cm³/mol. The van der Waals surface area contributed by atoms with Crippen LogP contribution >= 0.6 is 0 Å². The van der Waals surface area contributed by atoms with Crippen LogP contribution in [0.1, 0.15) is 41.9 Å². The smallest absolute Gasteiger partial charge is 0.165 e. The molecule has 0 radical (unpaired) electrons. The van der Waals surface area contributed by atoms with Gasteiger partial charge in [-0.3, -0.25) is 4.79 Å².